The van der Waals surface area contributed by atoms with Crippen LogP contribution in [0.3, 0.4) is 0 Å². The Morgan fingerprint density at radius 2 is 1.15 bits per heavy atom. The van der Waals surface area contributed by atoms with Crippen molar-refractivity contribution in [3.05, 3.63) is 46.7 Å². The Hall–Kier alpha value is -4.64. The highest BCUT2D eigenvalue weighted by atomic mass is 35.5. The standard InChI is InChI=1S/C14H23N3O2.C13H22N2O3.C10H16N2.C4H11N.C2H2O4.ClH/c1-10(2)17-12-6-7-16(9-11(12)8-15-17)13(18)19-14(3,4)5;1-13(2,3)18-12(17)15-7-6-11(16)10(9-15)8-14(4)5;1-8(2)12-10-6-4-3-5-9(10)7-11-12;1-4(2)3-5;3-1(4)2(5)6;/h8,10H,6-7,9H2,1-5H3;8H,6-7,9H2,1-5H3;7-8H,3-6H2,1-2H3;4H,3,5H2,1-2H3;(H,3,4)(H,5,6);1H/b;10-8-;;;;. The fourth-order valence-electron chi connectivity index (χ4n) is 5.92. The van der Waals surface area contributed by atoms with Crippen LogP contribution in [0.25, 0.3) is 0 Å². The number of ether oxygens (including phenoxy) is 2. The molecule has 61 heavy (non-hydrogen) atoms. The van der Waals surface area contributed by atoms with Gasteiger partial charge in [-0.25, -0.2) is 19.2 Å². The molecule has 1 saturated heterocycles. The van der Waals surface area contributed by atoms with Crippen molar-refractivity contribution in [1.82, 2.24) is 34.3 Å². The molecule has 1 fully saturated rings. The number of ketones is 1. The van der Waals surface area contributed by atoms with Gasteiger partial charge in [-0.1, -0.05) is 13.8 Å². The zero-order valence-corrected chi connectivity index (χ0v) is 39.9. The largest absolute Gasteiger partial charge is 0.473 e. The van der Waals surface area contributed by atoms with Crippen molar-refractivity contribution in [1.29, 1.82) is 0 Å². The summed E-state index contributed by atoms with van der Waals surface area (Å²) in [5.41, 5.74) is 10.2. The van der Waals surface area contributed by atoms with Gasteiger partial charge in [-0.05, 0) is 113 Å². The van der Waals surface area contributed by atoms with E-state index in [0.29, 0.717) is 56.2 Å². The molecule has 2 aromatic heterocycles. The van der Waals surface area contributed by atoms with Crippen LogP contribution in [0.4, 0.5) is 9.59 Å². The number of carboxylic acids is 2. The summed E-state index contributed by atoms with van der Waals surface area (Å²) in [5.74, 6) is -2.89. The number of hydrogen-bond donors (Lipinski definition) is 3. The molecular formula is C43H75ClN8O9. The highest BCUT2D eigenvalue weighted by Crippen LogP contribution is 2.24. The van der Waals surface area contributed by atoms with E-state index in [2.05, 4.69) is 62.6 Å². The number of amides is 2. The highest BCUT2D eigenvalue weighted by Gasteiger charge is 2.30. The maximum Gasteiger partial charge on any atom is 0.414 e. The number of aromatic nitrogens is 4. The summed E-state index contributed by atoms with van der Waals surface area (Å²) in [6.07, 6.45) is 11.4. The molecule has 5 rings (SSSR count). The van der Waals surface area contributed by atoms with Gasteiger partial charge in [-0.2, -0.15) is 10.2 Å². The van der Waals surface area contributed by atoms with Gasteiger partial charge in [0.15, 0.2) is 5.78 Å². The first-order valence-corrected chi connectivity index (χ1v) is 20.8. The van der Waals surface area contributed by atoms with Crippen LogP contribution in [-0.4, -0.2) is 126 Å². The first-order chi connectivity index (χ1) is 27.7. The van der Waals surface area contributed by atoms with E-state index in [-0.39, 0.29) is 30.4 Å². The van der Waals surface area contributed by atoms with E-state index < -0.39 is 23.1 Å². The molecule has 18 heteroatoms. The quantitative estimate of drug-likeness (QED) is 0.210. The number of nitrogens with two attached hydrogens (primary N) is 1. The van der Waals surface area contributed by atoms with Gasteiger partial charge in [0.25, 0.3) is 0 Å². The number of nitrogens with zero attached hydrogens (tertiary/aromatic N) is 7. The van der Waals surface area contributed by atoms with Crippen molar-refractivity contribution in [3.8, 4) is 0 Å². The van der Waals surface area contributed by atoms with Crippen molar-refractivity contribution in [2.24, 2.45) is 11.7 Å². The van der Waals surface area contributed by atoms with Gasteiger partial charge in [0.2, 0.25) is 0 Å². The third kappa shape index (κ3) is 21.1. The Morgan fingerprint density at radius 1 is 0.738 bits per heavy atom. The van der Waals surface area contributed by atoms with Gasteiger partial charge in [0.1, 0.15) is 11.2 Å². The topological polar surface area (TPSA) is 216 Å². The molecule has 2 aromatic rings. The second kappa shape index (κ2) is 26.0. The summed E-state index contributed by atoms with van der Waals surface area (Å²) >= 11 is 0. The lowest BCUT2D eigenvalue weighted by Crippen LogP contribution is -2.43. The average Bonchev–Trinajstić information content (AvgIpc) is 3.77. The summed E-state index contributed by atoms with van der Waals surface area (Å²) in [5, 5.41) is 23.6. The minimum atomic E-state index is -1.82. The molecule has 3 aliphatic rings. The Kier molecular flexibility index (Phi) is 24.0. The van der Waals surface area contributed by atoms with Crippen LogP contribution >= 0.6 is 12.4 Å². The fraction of sp³-hybridized carbons (Fsp3) is 0.698. The van der Waals surface area contributed by atoms with Gasteiger partial charge >= 0.3 is 24.1 Å². The molecule has 4 heterocycles. The smallest absolute Gasteiger partial charge is 0.414 e. The van der Waals surface area contributed by atoms with Gasteiger partial charge in [-0.3, -0.25) is 14.2 Å². The van der Waals surface area contributed by atoms with E-state index in [4.69, 9.17) is 35.0 Å². The monoisotopic (exact) mass is 883 g/mol. The predicted octanol–water partition coefficient (Wildman–Crippen LogP) is 6.92. The van der Waals surface area contributed by atoms with Crippen molar-refractivity contribution in [2.45, 2.75) is 151 Å². The molecule has 2 amide bonds. The lowest BCUT2D eigenvalue weighted by Gasteiger charge is -2.30. The lowest BCUT2D eigenvalue weighted by molar-refractivity contribution is -0.159. The summed E-state index contributed by atoms with van der Waals surface area (Å²) in [4.78, 5) is 59.0. The number of carbonyl (C=O) groups excluding carboxylic acids is 3. The minimum absolute atomic E-state index is 0. The van der Waals surface area contributed by atoms with E-state index in [1.165, 1.54) is 42.6 Å². The van der Waals surface area contributed by atoms with E-state index >= 15 is 0 Å². The summed E-state index contributed by atoms with van der Waals surface area (Å²) < 4.78 is 14.9. The third-order valence-corrected chi connectivity index (χ3v) is 8.74. The number of carboxylic acid groups (broad SMARTS) is 2. The van der Waals surface area contributed by atoms with Crippen molar-refractivity contribution in [3.63, 3.8) is 0 Å². The molecule has 348 valence electrons. The zero-order valence-electron chi connectivity index (χ0n) is 39.1. The Labute approximate surface area is 369 Å². The van der Waals surface area contributed by atoms with Crippen LogP contribution < -0.4 is 5.73 Å². The number of aryl methyl sites for hydroxylation is 1. The molecule has 4 N–H and O–H groups in total. The number of hydrogen-bond acceptors (Lipinski definition) is 11. The van der Waals surface area contributed by atoms with E-state index in [9.17, 15) is 14.4 Å². The maximum absolute atomic E-state index is 12.0. The van der Waals surface area contributed by atoms with Crippen molar-refractivity contribution < 1.29 is 43.7 Å². The molecule has 0 bridgehead atoms. The number of aliphatic carboxylic acids is 2. The van der Waals surface area contributed by atoms with Gasteiger partial charge in [0, 0.05) is 80.8 Å². The van der Waals surface area contributed by atoms with Gasteiger partial charge in [0.05, 0.1) is 25.5 Å². The van der Waals surface area contributed by atoms with Crippen molar-refractivity contribution in [2.75, 3.05) is 40.3 Å². The second-order valence-electron chi connectivity index (χ2n) is 18.1. The number of Topliss-reactive ketones (excluding diaryl/α,β-unsaturated/α-hetero) is 1. The normalized spacial score (nSPS) is 15.2. The van der Waals surface area contributed by atoms with Crippen molar-refractivity contribution >= 4 is 42.3 Å². The molecule has 0 saturated carbocycles. The summed E-state index contributed by atoms with van der Waals surface area (Å²) in [6.45, 7) is 26.8. The SMILES string of the molecule is CC(C)CN.CC(C)n1ncc2c1CCCC2.CC(C)n1ncc2c1CCN(C(=O)OC(C)(C)C)C2.CN(C)/C=C1/CN(C(=O)OC(C)(C)C)CCC1=O.Cl.O=C(O)C(=O)O. The second-order valence-corrected chi connectivity index (χ2v) is 18.1. The predicted molar refractivity (Wildman–Crippen MR) is 238 cm³/mol. The van der Waals surface area contributed by atoms with Gasteiger partial charge in [-0.15, -0.1) is 12.4 Å². The van der Waals surface area contributed by atoms with Crippen LogP contribution in [-0.2, 0) is 49.7 Å². The van der Waals surface area contributed by atoms with Crippen LogP contribution in [0.1, 0.15) is 137 Å². The molecule has 0 atom stereocenters. The molecule has 0 aromatic carbocycles. The number of piperidine rings is 1. The maximum atomic E-state index is 12.0. The Morgan fingerprint density at radius 3 is 1.56 bits per heavy atom. The van der Waals surface area contributed by atoms with Crippen LogP contribution in [0.2, 0.25) is 0 Å². The molecule has 17 nitrogen and oxygen atoms in total. The average molecular weight is 884 g/mol. The van der Waals surface area contributed by atoms with E-state index in [0.717, 1.165) is 18.5 Å². The highest BCUT2D eigenvalue weighted by molar-refractivity contribution is 6.27. The summed E-state index contributed by atoms with van der Waals surface area (Å²) in [7, 11) is 3.71. The first kappa shape index (κ1) is 56.4. The number of likely N-dealkylation sites (tertiary alicyclic amines) is 1. The molecule has 0 unspecified atom stereocenters. The van der Waals surface area contributed by atoms with E-state index in [1.54, 1.807) is 16.0 Å². The lowest BCUT2D eigenvalue weighted by atomic mass is 9.98. The van der Waals surface area contributed by atoms with E-state index in [1.807, 2.05) is 71.4 Å². The first-order valence-electron chi connectivity index (χ1n) is 20.8. The minimum Gasteiger partial charge on any atom is -0.473 e. The number of carbonyl (C=O) groups is 5. The molecule has 1 aliphatic carbocycles. The number of halogens is 1. The zero-order chi connectivity index (χ0) is 46.1. The third-order valence-electron chi connectivity index (χ3n) is 8.74. The Bertz CT molecular complexity index is 1730. The molecular weight excluding hydrogens is 808 g/mol. The van der Waals surface area contributed by atoms with Crippen LogP contribution in [0.5, 0.6) is 0 Å². The van der Waals surface area contributed by atoms with Crippen LogP contribution in [0.15, 0.2) is 24.2 Å². The molecule has 2 aliphatic heterocycles. The fourth-order valence-corrected chi connectivity index (χ4v) is 5.92. The Balaban J connectivity index is 0.000000793. The van der Waals surface area contributed by atoms with Crippen LogP contribution in [0, 0.1) is 5.92 Å². The molecule has 0 spiro atoms. The molecule has 0 radical (unpaired) electrons. The van der Waals surface area contributed by atoms with Gasteiger partial charge < -0.3 is 40.1 Å². The number of rotatable bonds is 4. The number of fused-ring (bicyclic) bond motifs is 2. The summed E-state index contributed by atoms with van der Waals surface area (Å²) in [6, 6.07) is 0.878.